The summed E-state index contributed by atoms with van der Waals surface area (Å²) < 4.78 is 0. The summed E-state index contributed by atoms with van der Waals surface area (Å²) in [5.74, 6) is -0.0226. The average Bonchev–Trinajstić information content (AvgIpc) is 2.83. The first-order valence-electron chi connectivity index (χ1n) is 8.49. The molecule has 5 nitrogen and oxygen atoms in total. The van der Waals surface area contributed by atoms with Crippen molar-refractivity contribution in [3.05, 3.63) is 35.4 Å². The van der Waals surface area contributed by atoms with E-state index >= 15 is 0 Å². The van der Waals surface area contributed by atoms with E-state index in [1.54, 1.807) is 0 Å². The monoisotopic (exact) mass is 324 g/mol. The highest BCUT2D eigenvalue weighted by atomic mass is 16.2. The van der Waals surface area contributed by atoms with E-state index < -0.39 is 0 Å². The first-order valence-corrected chi connectivity index (χ1v) is 8.49. The van der Waals surface area contributed by atoms with Crippen LogP contribution < -0.4 is 0 Å². The number of hydrogen-bond acceptors (Lipinski definition) is 4. The minimum Gasteiger partial charge on any atom is -0.337 e. The van der Waals surface area contributed by atoms with Crippen LogP contribution in [0.5, 0.6) is 0 Å². The molecule has 0 N–H and O–H groups in total. The van der Waals surface area contributed by atoms with Crippen LogP contribution in [0.4, 0.5) is 0 Å². The van der Waals surface area contributed by atoms with Crippen molar-refractivity contribution in [2.45, 2.75) is 26.2 Å². The van der Waals surface area contributed by atoms with Gasteiger partial charge >= 0.3 is 0 Å². The molecule has 126 valence electrons. The first-order chi connectivity index (χ1) is 11.6. The molecule has 1 aliphatic rings. The van der Waals surface area contributed by atoms with E-state index in [4.69, 9.17) is 5.26 Å². The lowest BCUT2D eigenvalue weighted by Gasteiger charge is -2.23. The van der Waals surface area contributed by atoms with Crippen molar-refractivity contribution >= 4 is 5.91 Å². The third-order valence-electron chi connectivity index (χ3n) is 4.41. The van der Waals surface area contributed by atoms with E-state index in [9.17, 15) is 10.1 Å². The van der Waals surface area contributed by atoms with Crippen LogP contribution in [-0.4, -0.2) is 48.4 Å². The number of nitriles is 2. The second kappa shape index (κ2) is 9.05. The number of carbonyl (C=O) groups is 1. The molecule has 2 rings (SSSR count). The lowest BCUT2D eigenvalue weighted by Crippen LogP contribution is -2.36. The Bertz CT molecular complexity index is 644. The van der Waals surface area contributed by atoms with Gasteiger partial charge in [0.1, 0.15) is 0 Å². The van der Waals surface area contributed by atoms with E-state index in [1.807, 2.05) is 36.1 Å². The molecule has 1 aromatic carbocycles. The number of aryl methyl sites for hydroxylation is 1. The van der Waals surface area contributed by atoms with Crippen LogP contribution in [0.2, 0.25) is 0 Å². The van der Waals surface area contributed by atoms with Crippen LogP contribution >= 0.6 is 0 Å². The Hall–Kier alpha value is -2.37. The molecule has 0 unspecified atom stereocenters. The highest BCUT2D eigenvalue weighted by Crippen LogP contribution is 2.13. The molecule has 1 amide bonds. The quantitative estimate of drug-likeness (QED) is 0.834. The van der Waals surface area contributed by atoms with Crippen molar-refractivity contribution in [1.82, 2.24) is 9.80 Å². The molecule has 1 aromatic rings. The minimum atomic E-state index is -0.108. The maximum absolute atomic E-state index is 12.7. The SMILES string of the molecule is Cc1cccc(C(=O)N2CCCN(C[C@H](C#N)CCC#N)CC2)c1. The molecule has 1 saturated heterocycles. The summed E-state index contributed by atoms with van der Waals surface area (Å²) in [7, 11) is 0. The lowest BCUT2D eigenvalue weighted by atomic mass is 10.0. The third-order valence-corrected chi connectivity index (χ3v) is 4.41. The van der Waals surface area contributed by atoms with E-state index in [0.717, 1.165) is 37.2 Å². The number of hydrogen-bond donors (Lipinski definition) is 0. The number of nitrogens with zero attached hydrogens (tertiary/aromatic N) is 4. The van der Waals surface area contributed by atoms with Crippen molar-refractivity contribution in [1.29, 1.82) is 10.5 Å². The van der Waals surface area contributed by atoms with Gasteiger partial charge < -0.3 is 9.80 Å². The van der Waals surface area contributed by atoms with Gasteiger partial charge in [0.2, 0.25) is 0 Å². The van der Waals surface area contributed by atoms with Crippen LogP contribution in [0.3, 0.4) is 0 Å². The van der Waals surface area contributed by atoms with Gasteiger partial charge in [0, 0.05) is 38.2 Å². The molecule has 1 fully saturated rings. The molecule has 1 heterocycles. The Morgan fingerprint density at radius 3 is 2.79 bits per heavy atom. The van der Waals surface area contributed by atoms with Crippen LogP contribution in [-0.2, 0) is 0 Å². The largest absolute Gasteiger partial charge is 0.337 e. The summed E-state index contributed by atoms with van der Waals surface area (Å²) in [6.07, 6.45) is 1.95. The lowest BCUT2D eigenvalue weighted by molar-refractivity contribution is 0.0761. The Morgan fingerprint density at radius 2 is 2.08 bits per heavy atom. The summed E-state index contributed by atoms with van der Waals surface area (Å²) in [5.41, 5.74) is 1.83. The predicted octanol–water partition coefficient (Wildman–Crippen LogP) is 2.59. The maximum Gasteiger partial charge on any atom is 0.253 e. The molecule has 1 aliphatic heterocycles. The summed E-state index contributed by atoms with van der Waals surface area (Å²) in [4.78, 5) is 16.8. The Kier molecular flexibility index (Phi) is 6.78. The van der Waals surface area contributed by atoms with E-state index in [0.29, 0.717) is 25.9 Å². The van der Waals surface area contributed by atoms with Crippen LogP contribution in [0, 0.1) is 35.5 Å². The number of benzene rings is 1. The highest BCUT2D eigenvalue weighted by molar-refractivity contribution is 5.94. The smallest absolute Gasteiger partial charge is 0.253 e. The zero-order valence-electron chi connectivity index (χ0n) is 14.2. The molecule has 0 radical (unpaired) electrons. The van der Waals surface area contributed by atoms with E-state index in [2.05, 4.69) is 17.0 Å². The van der Waals surface area contributed by atoms with Crippen molar-refractivity contribution < 1.29 is 4.79 Å². The van der Waals surface area contributed by atoms with Gasteiger partial charge in [-0.25, -0.2) is 0 Å². The second-order valence-corrected chi connectivity index (χ2v) is 6.34. The molecule has 0 bridgehead atoms. The summed E-state index contributed by atoms with van der Waals surface area (Å²) in [6, 6.07) is 12.1. The van der Waals surface area contributed by atoms with E-state index in [1.165, 1.54) is 0 Å². The fourth-order valence-corrected chi connectivity index (χ4v) is 3.06. The predicted molar refractivity (Wildman–Crippen MR) is 92.1 cm³/mol. The Labute approximate surface area is 144 Å². The maximum atomic E-state index is 12.7. The summed E-state index contributed by atoms with van der Waals surface area (Å²) >= 11 is 0. The molecule has 0 spiro atoms. The first kappa shape index (κ1) is 18.0. The van der Waals surface area contributed by atoms with Gasteiger partial charge in [-0.2, -0.15) is 10.5 Å². The molecule has 5 heteroatoms. The van der Waals surface area contributed by atoms with Gasteiger partial charge in [-0.1, -0.05) is 17.7 Å². The standard InChI is InChI=1S/C19H24N4O/c1-16-5-2-7-18(13-16)19(24)23-10-4-9-22(11-12-23)15-17(14-21)6-3-8-20/h2,5,7,13,17H,3-4,6,9-12,15H2,1H3/t17-/m0/s1. The Balaban J connectivity index is 1.91. The zero-order valence-corrected chi connectivity index (χ0v) is 14.2. The van der Waals surface area contributed by atoms with Crippen molar-refractivity contribution in [2.75, 3.05) is 32.7 Å². The highest BCUT2D eigenvalue weighted by Gasteiger charge is 2.22. The van der Waals surface area contributed by atoms with Crippen molar-refractivity contribution in [3.8, 4) is 12.1 Å². The van der Waals surface area contributed by atoms with Crippen molar-refractivity contribution in [3.63, 3.8) is 0 Å². The summed E-state index contributed by atoms with van der Waals surface area (Å²) in [5, 5.41) is 17.9. The molecule has 0 aromatic heterocycles. The van der Waals surface area contributed by atoms with E-state index in [-0.39, 0.29) is 11.8 Å². The number of amides is 1. The molecular weight excluding hydrogens is 300 g/mol. The molecule has 0 aliphatic carbocycles. The topological polar surface area (TPSA) is 71.1 Å². The van der Waals surface area contributed by atoms with Gasteiger partial charge in [0.25, 0.3) is 5.91 Å². The fraction of sp³-hybridized carbons (Fsp3) is 0.526. The summed E-state index contributed by atoms with van der Waals surface area (Å²) in [6.45, 7) is 5.78. The van der Waals surface area contributed by atoms with Gasteiger partial charge in [0.15, 0.2) is 0 Å². The molecule has 24 heavy (non-hydrogen) atoms. The zero-order chi connectivity index (χ0) is 17.4. The van der Waals surface area contributed by atoms with Crippen LogP contribution in [0.1, 0.15) is 35.2 Å². The van der Waals surface area contributed by atoms with Gasteiger partial charge in [-0.05, 0) is 38.4 Å². The third kappa shape index (κ3) is 5.08. The van der Waals surface area contributed by atoms with Gasteiger partial charge in [-0.15, -0.1) is 0 Å². The Morgan fingerprint density at radius 1 is 1.25 bits per heavy atom. The fourth-order valence-electron chi connectivity index (χ4n) is 3.06. The minimum absolute atomic E-state index is 0.0851. The van der Waals surface area contributed by atoms with Crippen LogP contribution in [0.15, 0.2) is 24.3 Å². The van der Waals surface area contributed by atoms with Crippen molar-refractivity contribution in [2.24, 2.45) is 5.92 Å². The average molecular weight is 324 g/mol. The number of carbonyl (C=O) groups excluding carboxylic acids is 1. The molecular formula is C19H24N4O. The van der Waals surface area contributed by atoms with Gasteiger partial charge in [-0.3, -0.25) is 4.79 Å². The molecule has 1 atom stereocenters. The normalized spacial score (nSPS) is 16.7. The van der Waals surface area contributed by atoms with Gasteiger partial charge in [0.05, 0.1) is 18.1 Å². The molecule has 0 saturated carbocycles. The van der Waals surface area contributed by atoms with Crippen LogP contribution in [0.25, 0.3) is 0 Å². The second-order valence-electron chi connectivity index (χ2n) is 6.34. The number of rotatable bonds is 5.